The van der Waals surface area contributed by atoms with Crippen molar-refractivity contribution in [3.05, 3.63) is 12.7 Å². The Morgan fingerprint density at radius 1 is 1.25 bits per heavy atom. The van der Waals surface area contributed by atoms with Gasteiger partial charge in [-0.05, 0) is 25.7 Å². The summed E-state index contributed by atoms with van der Waals surface area (Å²) in [7, 11) is 1.57. The van der Waals surface area contributed by atoms with E-state index in [-0.39, 0.29) is 24.3 Å². The standard InChI is InChI=1S/C17H27N3O4/c1-3-12-24-16(23)20-10-8-17(9-11-20,15(22)18-2)19-14(21)13-6-4-5-7-13/h3,13H,1,4-12H2,2H3,(H,18,22)(H,19,21). The highest BCUT2D eigenvalue weighted by atomic mass is 16.6. The van der Waals surface area contributed by atoms with Crippen LogP contribution in [0.15, 0.2) is 12.7 Å². The number of nitrogens with one attached hydrogen (secondary N) is 2. The van der Waals surface area contributed by atoms with Crippen molar-refractivity contribution < 1.29 is 19.1 Å². The summed E-state index contributed by atoms with van der Waals surface area (Å²) < 4.78 is 5.03. The lowest BCUT2D eigenvalue weighted by Gasteiger charge is -2.40. The van der Waals surface area contributed by atoms with Crippen LogP contribution >= 0.6 is 0 Å². The molecule has 0 spiro atoms. The molecule has 2 fully saturated rings. The lowest BCUT2D eigenvalue weighted by Crippen LogP contribution is -2.64. The summed E-state index contributed by atoms with van der Waals surface area (Å²) >= 11 is 0. The lowest BCUT2D eigenvalue weighted by atomic mass is 9.85. The van der Waals surface area contributed by atoms with E-state index in [1.165, 1.54) is 6.08 Å². The Bertz CT molecular complexity index is 492. The van der Waals surface area contributed by atoms with Gasteiger partial charge in [0.05, 0.1) is 0 Å². The van der Waals surface area contributed by atoms with E-state index in [2.05, 4.69) is 17.2 Å². The van der Waals surface area contributed by atoms with Gasteiger partial charge in [-0.25, -0.2) is 4.79 Å². The Kier molecular flexibility index (Phi) is 6.23. The Hall–Kier alpha value is -2.05. The van der Waals surface area contributed by atoms with Crippen LogP contribution in [0.4, 0.5) is 4.79 Å². The average molecular weight is 337 g/mol. The quantitative estimate of drug-likeness (QED) is 0.738. The molecule has 2 rings (SSSR count). The molecule has 2 aliphatic rings. The van der Waals surface area contributed by atoms with E-state index in [4.69, 9.17) is 4.74 Å². The molecule has 0 aromatic carbocycles. The largest absolute Gasteiger partial charge is 0.445 e. The Morgan fingerprint density at radius 2 is 1.88 bits per heavy atom. The van der Waals surface area contributed by atoms with Gasteiger partial charge < -0.3 is 20.3 Å². The van der Waals surface area contributed by atoms with Crippen LogP contribution in [0.2, 0.25) is 0 Å². The number of likely N-dealkylation sites (tertiary alicyclic amines) is 1. The maximum atomic E-state index is 12.5. The van der Waals surface area contributed by atoms with E-state index in [9.17, 15) is 14.4 Å². The van der Waals surface area contributed by atoms with Crippen LogP contribution < -0.4 is 10.6 Å². The first-order valence-electron chi connectivity index (χ1n) is 8.59. The van der Waals surface area contributed by atoms with Gasteiger partial charge in [-0.15, -0.1) is 0 Å². The van der Waals surface area contributed by atoms with Crippen LogP contribution in [0.25, 0.3) is 0 Å². The first-order valence-corrected chi connectivity index (χ1v) is 8.59. The maximum absolute atomic E-state index is 12.5. The minimum absolute atomic E-state index is 0.00196. The molecule has 7 nitrogen and oxygen atoms in total. The second-order valence-electron chi connectivity index (χ2n) is 6.48. The highest BCUT2D eigenvalue weighted by Crippen LogP contribution is 2.28. The number of hydrogen-bond acceptors (Lipinski definition) is 4. The number of amides is 3. The summed E-state index contributed by atoms with van der Waals surface area (Å²) in [4.78, 5) is 38.4. The van der Waals surface area contributed by atoms with Crippen molar-refractivity contribution in [3.8, 4) is 0 Å². The summed E-state index contributed by atoms with van der Waals surface area (Å²) in [6.45, 7) is 4.41. The maximum Gasteiger partial charge on any atom is 0.410 e. The number of nitrogens with zero attached hydrogens (tertiary/aromatic N) is 1. The molecule has 0 atom stereocenters. The summed E-state index contributed by atoms with van der Waals surface area (Å²) in [6, 6.07) is 0. The van der Waals surface area contributed by atoms with Crippen molar-refractivity contribution >= 4 is 17.9 Å². The molecule has 134 valence electrons. The molecule has 0 aromatic heterocycles. The molecular formula is C17H27N3O4. The molecule has 0 unspecified atom stereocenters. The molecule has 1 aliphatic carbocycles. The highest BCUT2D eigenvalue weighted by Gasteiger charge is 2.44. The second kappa shape index (κ2) is 8.17. The van der Waals surface area contributed by atoms with Crippen molar-refractivity contribution in [1.82, 2.24) is 15.5 Å². The monoisotopic (exact) mass is 337 g/mol. The third-order valence-electron chi connectivity index (χ3n) is 4.95. The van der Waals surface area contributed by atoms with Gasteiger partial charge in [-0.3, -0.25) is 9.59 Å². The van der Waals surface area contributed by atoms with Crippen molar-refractivity contribution in [2.24, 2.45) is 5.92 Å². The molecule has 0 bridgehead atoms. The van der Waals surface area contributed by atoms with Crippen LogP contribution in [-0.2, 0) is 14.3 Å². The lowest BCUT2D eigenvalue weighted by molar-refractivity contribution is -0.137. The first-order chi connectivity index (χ1) is 11.5. The van der Waals surface area contributed by atoms with Gasteiger partial charge in [-0.2, -0.15) is 0 Å². The number of rotatable bonds is 5. The molecular weight excluding hydrogens is 310 g/mol. The van der Waals surface area contributed by atoms with Crippen LogP contribution in [0.5, 0.6) is 0 Å². The van der Waals surface area contributed by atoms with Gasteiger partial charge >= 0.3 is 6.09 Å². The molecule has 7 heteroatoms. The summed E-state index contributed by atoms with van der Waals surface area (Å²) in [5, 5.41) is 5.63. The molecule has 1 saturated heterocycles. The van der Waals surface area contributed by atoms with Crippen LogP contribution in [-0.4, -0.2) is 55.1 Å². The van der Waals surface area contributed by atoms with Crippen molar-refractivity contribution in [2.45, 2.75) is 44.1 Å². The summed E-state index contributed by atoms with van der Waals surface area (Å²) in [5.74, 6) is -0.242. The molecule has 0 radical (unpaired) electrons. The van der Waals surface area contributed by atoms with Crippen LogP contribution in [0.1, 0.15) is 38.5 Å². The Morgan fingerprint density at radius 3 is 2.42 bits per heavy atom. The fourth-order valence-corrected chi connectivity index (χ4v) is 3.47. The fourth-order valence-electron chi connectivity index (χ4n) is 3.47. The van der Waals surface area contributed by atoms with E-state index in [0.717, 1.165) is 25.7 Å². The smallest absolute Gasteiger partial charge is 0.410 e. The minimum atomic E-state index is -0.941. The molecule has 3 amide bonds. The number of piperidine rings is 1. The van der Waals surface area contributed by atoms with Crippen molar-refractivity contribution in [3.63, 3.8) is 0 Å². The number of likely N-dealkylation sites (N-methyl/N-ethyl adjacent to an activating group) is 1. The Labute approximate surface area is 142 Å². The van der Waals surface area contributed by atoms with Gasteiger partial charge in [-0.1, -0.05) is 25.5 Å². The first kappa shape index (κ1) is 18.3. The number of hydrogen-bond donors (Lipinski definition) is 2. The molecule has 2 N–H and O–H groups in total. The molecule has 1 aliphatic heterocycles. The summed E-state index contributed by atoms with van der Waals surface area (Å²) in [5.41, 5.74) is -0.941. The zero-order valence-corrected chi connectivity index (χ0v) is 14.3. The van der Waals surface area contributed by atoms with E-state index in [1.807, 2.05) is 0 Å². The topological polar surface area (TPSA) is 87.7 Å². The van der Waals surface area contributed by atoms with E-state index in [0.29, 0.717) is 25.9 Å². The fraction of sp³-hybridized carbons (Fsp3) is 0.706. The average Bonchev–Trinajstić information content (AvgIpc) is 3.14. The Balaban J connectivity index is 1.99. The van der Waals surface area contributed by atoms with Crippen LogP contribution in [0.3, 0.4) is 0 Å². The zero-order valence-electron chi connectivity index (χ0n) is 14.3. The van der Waals surface area contributed by atoms with Crippen LogP contribution in [0, 0.1) is 5.92 Å². The van der Waals surface area contributed by atoms with E-state index < -0.39 is 11.6 Å². The predicted octanol–water partition coefficient (Wildman–Crippen LogP) is 1.20. The highest BCUT2D eigenvalue weighted by molar-refractivity contribution is 5.92. The molecule has 1 saturated carbocycles. The molecule has 0 aromatic rings. The van der Waals surface area contributed by atoms with Gasteiger partial charge in [0.1, 0.15) is 12.1 Å². The van der Waals surface area contributed by atoms with Gasteiger partial charge in [0.15, 0.2) is 0 Å². The van der Waals surface area contributed by atoms with Crippen molar-refractivity contribution in [2.75, 3.05) is 26.7 Å². The van der Waals surface area contributed by atoms with Crippen molar-refractivity contribution in [1.29, 1.82) is 0 Å². The zero-order chi connectivity index (χ0) is 17.6. The molecule has 24 heavy (non-hydrogen) atoms. The van der Waals surface area contributed by atoms with E-state index in [1.54, 1.807) is 11.9 Å². The van der Waals surface area contributed by atoms with E-state index >= 15 is 0 Å². The number of carbonyl (C=O) groups excluding carboxylic acids is 3. The van der Waals surface area contributed by atoms with Gasteiger partial charge in [0.25, 0.3) is 0 Å². The second-order valence-corrected chi connectivity index (χ2v) is 6.48. The molecule has 1 heterocycles. The third kappa shape index (κ3) is 4.07. The predicted molar refractivity (Wildman–Crippen MR) is 89.3 cm³/mol. The number of carbonyl (C=O) groups is 3. The summed E-state index contributed by atoms with van der Waals surface area (Å²) in [6.07, 6.45) is 5.76. The minimum Gasteiger partial charge on any atom is -0.445 e. The SMILES string of the molecule is C=CCOC(=O)N1CCC(NC(=O)C2CCCC2)(C(=O)NC)CC1. The normalized spacial score (nSPS) is 20.3. The van der Waals surface area contributed by atoms with Gasteiger partial charge in [0.2, 0.25) is 11.8 Å². The van der Waals surface area contributed by atoms with Gasteiger partial charge in [0, 0.05) is 26.1 Å². The third-order valence-corrected chi connectivity index (χ3v) is 4.95. The number of ether oxygens (including phenoxy) is 1.